The van der Waals surface area contributed by atoms with E-state index in [2.05, 4.69) is 0 Å². The van der Waals surface area contributed by atoms with Crippen LogP contribution in [0.5, 0.6) is 0 Å². The van der Waals surface area contributed by atoms with E-state index in [0.717, 1.165) is 24.5 Å². The molecule has 1 aliphatic rings. The quantitative estimate of drug-likeness (QED) is 0.862. The molecule has 1 fully saturated rings. The van der Waals surface area contributed by atoms with Crippen LogP contribution in [-0.2, 0) is 19.9 Å². The van der Waals surface area contributed by atoms with E-state index in [-0.39, 0.29) is 24.0 Å². The molecule has 0 bridgehead atoms. The predicted molar refractivity (Wildman–Crippen MR) is 84.6 cm³/mol. The van der Waals surface area contributed by atoms with Gasteiger partial charge in [0.1, 0.15) is 10.7 Å². The molecule has 1 aromatic carbocycles. The summed E-state index contributed by atoms with van der Waals surface area (Å²) in [7, 11) is -7.64. The maximum Gasteiger partial charge on any atom is 0.243 e. The highest BCUT2D eigenvalue weighted by molar-refractivity contribution is 7.90. The van der Waals surface area contributed by atoms with Crippen molar-refractivity contribution in [1.82, 2.24) is 4.31 Å². The molecule has 2 rings (SSSR count). The molecule has 1 atom stereocenters. The van der Waals surface area contributed by atoms with Crippen molar-refractivity contribution in [3.63, 3.8) is 0 Å². The van der Waals surface area contributed by atoms with Crippen molar-refractivity contribution in [2.45, 2.75) is 36.1 Å². The molecule has 6 nitrogen and oxygen atoms in total. The van der Waals surface area contributed by atoms with Crippen LogP contribution in [0.1, 0.15) is 20.3 Å². The summed E-state index contributed by atoms with van der Waals surface area (Å²) in [6, 6.07) is 2.75. The second-order valence-electron chi connectivity index (χ2n) is 6.59. The fourth-order valence-electron chi connectivity index (χ4n) is 2.62. The summed E-state index contributed by atoms with van der Waals surface area (Å²) in [6.07, 6.45) is 1.38. The largest absolute Gasteiger partial charge is 0.327 e. The van der Waals surface area contributed by atoms with Crippen LogP contribution >= 0.6 is 0 Å². The standard InChI is InChI=1S/C14H21FN2O4S2/c1-14(2)9-17(7-6-13(14)16)23(20,21)10-4-5-12(11(15)8-10)22(3,18)19/h4-5,8,13H,6-7,9,16H2,1-3H3. The Balaban J connectivity index is 2.40. The Labute approximate surface area is 136 Å². The Morgan fingerprint density at radius 3 is 2.35 bits per heavy atom. The third kappa shape index (κ3) is 3.57. The third-order valence-corrected chi connectivity index (χ3v) is 7.19. The minimum atomic E-state index is -3.90. The van der Waals surface area contributed by atoms with Gasteiger partial charge in [-0.05, 0) is 30.0 Å². The molecule has 0 spiro atoms. The predicted octanol–water partition coefficient (Wildman–Crippen LogP) is 0.977. The molecule has 130 valence electrons. The number of nitrogens with two attached hydrogens (primary N) is 1. The van der Waals surface area contributed by atoms with E-state index >= 15 is 0 Å². The van der Waals surface area contributed by atoms with Gasteiger partial charge in [0.25, 0.3) is 0 Å². The Kier molecular flexibility index (Phi) is 4.62. The maximum absolute atomic E-state index is 14.0. The van der Waals surface area contributed by atoms with Crippen LogP contribution in [0, 0.1) is 11.2 Å². The number of sulfone groups is 1. The molecule has 23 heavy (non-hydrogen) atoms. The van der Waals surface area contributed by atoms with Crippen LogP contribution in [0.15, 0.2) is 28.0 Å². The average molecular weight is 364 g/mol. The van der Waals surface area contributed by atoms with Crippen LogP contribution in [0.3, 0.4) is 0 Å². The average Bonchev–Trinajstić information content (AvgIpc) is 2.40. The van der Waals surface area contributed by atoms with Gasteiger partial charge in [0, 0.05) is 25.4 Å². The highest BCUT2D eigenvalue weighted by Crippen LogP contribution is 2.31. The summed E-state index contributed by atoms with van der Waals surface area (Å²) in [5, 5.41) is 0. The van der Waals surface area contributed by atoms with E-state index in [1.807, 2.05) is 13.8 Å². The lowest BCUT2D eigenvalue weighted by atomic mass is 9.81. The first-order chi connectivity index (χ1) is 10.4. The van der Waals surface area contributed by atoms with Crippen LogP contribution < -0.4 is 5.73 Å². The first-order valence-corrected chi connectivity index (χ1v) is 10.4. The van der Waals surface area contributed by atoms with Crippen molar-refractivity contribution in [3.05, 3.63) is 24.0 Å². The fourth-order valence-corrected chi connectivity index (χ4v) is 4.99. The molecule has 0 aliphatic carbocycles. The first kappa shape index (κ1) is 18.3. The van der Waals surface area contributed by atoms with Crippen molar-refractivity contribution in [1.29, 1.82) is 0 Å². The molecular formula is C14H21FN2O4S2. The number of hydrogen-bond donors (Lipinski definition) is 1. The Hall–Kier alpha value is -1.03. The van der Waals surface area contributed by atoms with Gasteiger partial charge in [0.05, 0.1) is 4.90 Å². The number of hydrogen-bond acceptors (Lipinski definition) is 5. The zero-order valence-corrected chi connectivity index (χ0v) is 14.9. The second-order valence-corrected chi connectivity index (χ2v) is 10.5. The molecule has 0 amide bonds. The van der Waals surface area contributed by atoms with E-state index in [1.54, 1.807) is 0 Å². The molecule has 1 unspecified atom stereocenters. The summed E-state index contributed by atoms with van der Waals surface area (Å²) >= 11 is 0. The van der Waals surface area contributed by atoms with Gasteiger partial charge in [-0.3, -0.25) is 0 Å². The van der Waals surface area contributed by atoms with E-state index in [0.29, 0.717) is 6.42 Å². The second kappa shape index (κ2) is 5.80. The molecule has 9 heteroatoms. The van der Waals surface area contributed by atoms with Gasteiger partial charge in [-0.2, -0.15) is 4.31 Å². The van der Waals surface area contributed by atoms with Gasteiger partial charge in [0.15, 0.2) is 9.84 Å². The van der Waals surface area contributed by atoms with Crippen molar-refractivity contribution in [3.8, 4) is 0 Å². The van der Waals surface area contributed by atoms with E-state index in [9.17, 15) is 21.2 Å². The smallest absolute Gasteiger partial charge is 0.243 e. The minimum absolute atomic E-state index is 0.113. The molecule has 1 saturated heterocycles. The summed E-state index contributed by atoms with van der Waals surface area (Å²) < 4.78 is 63.4. The van der Waals surface area contributed by atoms with Gasteiger partial charge in [-0.25, -0.2) is 21.2 Å². The lowest BCUT2D eigenvalue weighted by Crippen LogP contribution is -2.53. The van der Waals surface area contributed by atoms with Crippen LogP contribution in [0.2, 0.25) is 0 Å². The number of benzene rings is 1. The summed E-state index contributed by atoms with van der Waals surface area (Å²) in [5.74, 6) is -1.07. The number of rotatable bonds is 3. The van der Waals surface area contributed by atoms with Crippen molar-refractivity contribution < 1.29 is 21.2 Å². The van der Waals surface area contributed by atoms with Crippen LogP contribution in [-0.4, -0.2) is 46.5 Å². The van der Waals surface area contributed by atoms with Crippen molar-refractivity contribution in [2.75, 3.05) is 19.3 Å². The monoisotopic (exact) mass is 364 g/mol. The summed E-state index contributed by atoms with van der Waals surface area (Å²) in [6.45, 7) is 4.24. The van der Waals surface area contributed by atoms with Gasteiger partial charge in [-0.15, -0.1) is 0 Å². The lowest BCUT2D eigenvalue weighted by molar-refractivity contribution is 0.155. The minimum Gasteiger partial charge on any atom is -0.327 e. The molecule has 2 N–H and O–H groups in total. The number of sulfonamides is 1. The Morgan fingerprint density at radius 1 is 1.26 bits per heavy atom. The van der Waals surface area contributed by atoms with Crippen LogP contribution in [0.4, 0.5) is 4.39 Å². The zero-order valence-electron chi connectivity index (χ0n) is 13.3. The summed E-state index contributed by atoms with van der Waals surface area (Å²) in [4.78, 5) is -0.772. The number of nitrogens with zero attached hydrogens (tertiary/aromatic N) is 1. The van der Waals surface area contributed by atoms with E-state index in [4.69, 9.17) is 5.73 Å². The number of piperidine rings is 1. The van der Waals surface area contributed by atoms with E-state index in [1.165, 1.54) is 4.31 Å². The molecule has 1 heterocycles. The van der Waals surface area contributed by atoms with E-state index < -0.39 is 36.0 Å². The topological polar surface area (TPSA) is 97.5 Å². The molecule has 0 radical (unpaired) electrons. The molecule has 0 saturated carbocycles. The number of halogens is 1. The third-order valence-electron chi connectivity index (χ3n) is 4.22. The first-order valence-electron chi connectivity index (χ1n) is 7.11. The molecule has 1 aromatic rings. The van der Waals surface area contributed by atoms with Crippen molar-refractivity contribution >= 4 is 19.9 Å². The molecule has 0 aromatic heterocycles. The maximum atomic E-state index is 14.0. The highest BCUT2D eigenvalue weighted by atomic mass is 32.2. The SMILES string of the molecule is CC1(C)CN(S(=O)(=O)c2ccc(S(C)(=O)=O)c(F)c2)CCC1N. The Morgan fingerprint density at radius 2 is 1.87 bits per heavy atom. The lowest BCUT2D eigenvalue weighted by Gasteiger charge is -2.41. The van der Waals surface area contributed by atoms with Gasteiger partial charge < -0.3 is 5.73 Å². The zero-order chi connectivity index (χ0) is 17.6. The van der Waals surface area contributed by atoms with Crippen molar-refractivity contribution in [2.24, 2.45) is 11.1 Å². The fraction of sp³-hybridized carbons (Fsp3) is 0.571. The normalized spacial score (nSPS) is 22.9. The highest BCUT2D eigenvalue weighted by Gasteiger charge is 2.39. The van der Waals surface area contributed by atoms with Gasteiger partial charge >= 0.3 is 0 Å². The summed E-state index contributed by atoms with van der Waals surface area (Å²) in [5.41, 5.74) is 5.61. The van der Waals surface area contributed by atoms with Gasteiger partial charge in [0.2, 0.25) is 10.0 Å². The molecule has 1 aliphatic heterocycles. The van der Waals surface area contributed by atoms with Gasteiger partial charge in [-0.1, -0.05) is 13.8 Å². The molecular weight excluding hydrogens is 343 g/mol. The Bertz CT molecular complexity index is 819. The van der Waals surface area contributed by atoms with Crippen LogP contribution in [0.25, 0.3) is 0 Å².